The minimum atomic E-state index is -0.554. The third-order valence-corrected chi connectivity index (χ3v) is 8.20. The van der Waals surface area contributed by atoms with E-state index in [-0.39, 0.29) is 11.9 Å². The lowest BCUT2D eigenvalue weighted by molar-refractivity contribution is -0.139. The van der Waals surface area contributed by atoms with Crippen molar-refractivity contribution in [1.29, 1.82) is 0 Å². The van der Waals surface area contributed by atoms with Gasteiger partial charge in [0, 0.05) is 13.8 Å². The third-order valence-electron chi connectivity index (χ3n) is 4.43. The lowest BCUT2D eigenvalue weighted by Gasteiger charge is -2.26. The molecule has 0 amide bonds. The average Bonchev–Trinajstić information content (AvgIpc) is 2.50. The van der Waals surface area contributed by atoms with Gasteiger partial charge in [-0.1, -0.05) is 55.9 Å². The monoisotopic (exact) mass is 324 g/mol. The molecule has 1 fully saturated rings. The molecule has 0 spiro atoms. The van der Waals surface area contributed by atoms with Crippen LogP contribution < -0.4 is 4.74 Å². The number of unbranched alkanes of at least 4 members (excludes halogenated alkanes) is 2. The molecule has 2 rings (SSSR count). The first kappa shape index (κ1) is 16.6. The number of hydrogen-bond acceptors (Lipinski definition) is 2. The molecule has 0 bridgehead atoms. The second-order valence-electron chi connectivity index (χ2n) is 6.09. The van der Waals surface area contributed by atoms with Crippen LogP contribution in [0.15, 0.2) is 24.3 Å². The molecule has 0 aliphatic carbocycles. The second-order valence-corrected chi connectivity index (χ2v) is 9.99. The summed E-state index contributed by atoms with van der Waals surface area (Å²) in [6, 6.07) is 11.1. The number of benzene rings is 1. The predicted molar refractivity (Wildman–Crippen MR) is 90.9 cm³/mol. The summed E-state index contributed by atoms with van der Waals surface area (Å²) in [5, 5.41) is 0.661. The number of rotatable bonds is 6. The molecule has 0 saturated carbocycles. The Morgan fingerprint density at radius 1 is 1.24 bits per heavy atom. The topological polar surface area (TPSA) is 26.3 Å². The van der Waals surface area contributed by atoms with Gasteiger partial charge in [-0.2, -0.15) is 0 Å². The van der Waals surface area contributed by atoms with Gasteiger partial charge in [0.15, 0.2) is 0 Å². The molecule has 21 heavy (non-hydrogen) atoms. The Bertz CT molecular complexity index is 439. The molecule has 1 saturated heterocycles. The van der Waals surface area contributed by atoms with E-state index in [2.05, 4.69) is 6.92 Å². The molecule has 1 heterocycles. The Kier molecular flexibility index (Phi) is 6.78. The standard InChI is InChI=1S/C17H25ClO2Si/c1-2-3-4-11-21-12-9-14(10-13-21)17(19)20-16-7-5-15(18)6-8-16/h5-8,14,21H,2-4,9-13H2,1H3. The maximum atomic E-state index is 12.2. The van der Waals surface area contributed by atoms with E-state index in [4.69, 9.17) is 16.3 Å². The zero-order chi connectivity index (χ0) is 15.1. The van der Waals surface area contributed by atoms with Gasteiger partial charge in [-0.3, -0.25) is 4.79 Å². The number of hydrogen-bond donors (Lipinski definition) is 0. The normalized spacial score (nSPS) is 22.0. The molecule has 1 aromatic rings. The van der Waals surface area contributed by atoms with Crippen LogP contribution in [0, 0.1) is 5.92 Å². The van der Waals surface area contributed by atoms with E-state index in [0.29, 0.717) is 10.8 Å². The minimum Gasteiger partial charge on any atom is -0.426 e. The summed E-state index contributed by atoms with van der Waals surface area (Å²) < 4.78 is 5.46. The van der Waals surface area contributed by atoms with E-state index < -0.39 is 8.80 Å². The van der Waals surface area contributed by atoms with Crippen molar-refractivity contribution < 1.29 is 9.53 Å². The van der Waals surface area contributed by atoms with E-state index in [9.17, 15) is 4.79 Å². The van der Waals surface area contributed by atoms with E-state index in [1.54, 1.807) is 24.3 Å². The highest BCUT2D eigenvalue weighted by Crippen LogP contribution is 2.29. The smallest absolute Gasteiger partial charge is 0.314 e. The van der Waals surface area contributed by atoms with Crippen LogP contribution >= 0.6 is 11.6 Å². The van der Waals surface area contributed by atoms with Crippen LogP contribution in [0.2, 0.25) is 23.2 Å². The minimum absolute atomic E-state index is 0.0571. The first-order valence-corrected chi connectivity index (χ1v) is 11.0. The summed E-state index contributed by atoms with van der Waals surface area (Å²) in [7, 11) is -0.554. The van der Waals surface area contributed by atoms with Gasteiger partial charge in [-0.25, -0.2) is 0 Å². The molecule has 0 atom stereocenters. The molecular formula is C17H25ClO2Si. The lowest BCUT2D eigenvalue weighted by Crippen LogP contribution is -2.28. The highest BCUT2D eigenvalue weighted by Gasteiger charge is 2.28. The van der Waals surface area contributed by atoms with Gasteiger partial charge in [0.05, 0.1) is 5.92 Å². The van der Waals surface area contributed by atoms with Crippen LogP contribution in [0.25, 0.3) is 0 Å². The van der Waals surface area contributed by atoms with Crippen LogP contribution in [-0.2, 0) is 4.79 Å². The fraction of sp³-hybridized carbons (Fsp3) is 0.588. The largest absolute Gasteiger partial charge is 0.426 e. The van der Waals surface area contributed by atoms with Gasteiger partial charge in [-0.15, -0.1) is 0 Å². The fourth-order valence-electron chi connectivity index (χ4n) is 3.07. The molecule has 2 nitrogen and oxygen atoms in total. The molecule has 0 aromatic heterocycles. The fourth-order valence-corrected chi connectivity index (χ4v) is 6.68. The number of carbonyl (C=O) groups is 1. The second kappa shape index (κ2) is 8.59. The number of carbonyl (C=O) groups excluding carboxylic acids is 1. The Morgan fingerprint density at radius 3 is 2.52 bits per heavy atom. The van der Waals surface area contributed by atoms with Gasteiger partial charge in [0.2, 0.25) is 0 Å². The van der Waals surface area contributed by atoms with E-state index in [1.165, 1.54) is 37.4 Å². The Morgan fingerprint density at radius 2 is 1.90 bits per heavy atom. The molecular weight excluding hydrogens is 300 g/mol. The van der Waals surface area contributed by atoms with Crippen LogP contribution in [0.5, 0.6) is 5.75 Å². The molecule has 4 heteroatoms. The van der Waals surface area contributed by atoms with Crippen LogP contribution in [0.4, 0.5) is 0 Å². The summed E-state index contributed by atoms with van der Waals surface area (Å²) >= 11 is 5.83. The molecule has 0 unspecified atom stereocenters. The van der Waals surface area contributed by atoms with E-state index in [1.807, 2.05) is 0 Å². The van der Waals surface area contributed by atoms with Gasteiger partial charge in [-0.05, 0) is 37.1 Å². The number of esters is 1. The summed E-state index contributed by atoms with van der Waals surface area (Å²) in [4.78, 5) is 12.2. The summed E-state index contributed by atoms with van der Waals surface area (Å²) in [5.41, 5.74) is 0. The molecule has 1 aliphatic rings. The summed E-state index contributed by atoms with van der Waals surface area (Å²) in [6.45, 7) is 2.26. The van der Waals surface area contributed by atoms with Gasteiger partial charge in [0.1, 0.15) is 5.75 Å². The number of ether oxygens (including phenoxy) is 1. The zero-order valence-electron chi connectivity index (χ0n) is 12.8. The average molecular weight is 325 g/mol. The molecule has 1 aliphatic heterocycles. The quantitative estimate of drug-likeness (QED) is 0.316. The molecule has 0 radical (unpaired) electrons. The van der Waals surface area contributed by atoms with Gasteiger partial charge in [0.25, 0.3) is 0 Å². The van der Waals surface area contributed by atoms with E-state index >= 15 is 0 Å². The SMILES string of the molecule is CCCCC[SiH]1CCC(C(=O)Oc2ccc(Cl)cc2)CC1. The first-order valence-electron chi connectivity index (χ1n) is 8.16. The van der Waals surface area contributed by atoms with Crippen molar-refractivity contribution in [3.05, 3.63) is 29.3 Å². The first-order chi connectivity index (χ1) is 10.2. The zero-order valence-corrected chi connectivity index (χ0v) is 14.7. The van der Waals surface area contributed by atoms with Crippen LogP contribution in [0.1, 0.15) is 39.0 Å². The van der Waals surface area contributed by atoms with Crippen LogP contribution in [0.3, 0.4) is 0 Å². The maximum Gasteiger partial charge on any atom is 0.314 e. The maximum absolute atomic E-state index is 12.2. The van der Waals surface area contributed by atoms with E-state index in [0.717, 1.165) is 12.8 Å². The molecule has 116 valence electrons. The highest BCUT2D eigenvalue weighted by atomic mass is 35.5. The Hall–Kier alpha value is -0.803. The van der Waals surface area contributed by atoms with Crippen molar-refractivity contribution in [2.75, 3.05) is 0 Å². The van der Waals surface area contributed by atoms with Crippen LogP contribution in [-0.4, -0.2) is 14.8 Å². The summed E-state index contributed by atoms with van der Waals surface area (Å²) in [5.74, 6) is 0.653. The predicted octanol–water partition coefficient (Wildman–Crippen LogP) is 5.07. The molecule has 1 aromatic carbocycles. The van der Waals surface area contributed by atoms with Gasteiger partial charge >= 0.3 is 5.97 Å². The Labute approximate surface area is 134 Å². The Balaban J connectivity index is 1.74. The summed E-state index contributed by atoms with van der Waals surface area (Å²) in [6.07, 6.45) is 6.14. The third kappa shape index (κ3) is 5.48. The van der Waals surface area contributed by atoms with Crippen molar-refractivity contribution in [3.8, 4) is 5.75 Å². The highest BCUT2D eigenvalue weighted by molar-refractivity contribution is 6.59. The number of halogens is 1. The van der Waals surface area contributed by atoms with Crippen molar-refractivity contribution in [3.63, 3.8) is 0 Å². The van der Waals surface area contributed by atoms with Crippen molar-refractivity contribution >= 4 is 26.4 Å². The lowest BCUT2D eigenvalue weighted by atomic mass is 10.0. The van der Waals surface area contributed by atoms with Crippen molar-refractivity contribution in [1.82, 2.24) is 0 Å². The van der Waals surface area contributed by atoms with Gasteiger partial charge < -0.3 is 4.74 Å². The van der Waals surface area contributed by atoms with Crippen molar-refractivity contribution in [2.45, 2.75) is 57.2 Å². The molecule has 0 N–H and O–H groups in total. The van der Waals surface area contributed by atoms with Crippen molar-refractivity contribution in [2.24, 2.45) is 5.92 Å².